The zero-order valence-electron chi connectivity index (χ0n) is 11.1. The molecule has 0 aliphatic carbocycles. The van der Waals surface area contributed by atoms with Gasteiger partial charge in [-0.15, -0.1) is 0 Å². The Hall–Kier alpha value is -0.930. The van der Waals surface area contributed by atoms with Crippen molar-refractivity contribution in [2.75, 3.05) is 24.5 Å². The van der Waals surface area contributed by atoms with Crippen LogP contribution in [0.15, 0.2) is 18.2 Å². The Bertz CT molecular complexity index is 418. The summed E-state index contributed by atoms with van der Waals surface area (Å²) in [6.07, 6.45) is 1.99. The van der Waals surface area contributed by atoms with Crippen molar-refractivity contribution >= 4 is 17.3 Å². The largest absolute Gasteiger partial charge is 0.483 e. The van der Waals surface area contributed by atoms with Gasteiger partial charge in [0.15, 0.2) is 0 Å². The summed E-state index contributed by atoms with van der Waals surface area (Å²) in [5.74, 6) is 0.919. The second-order valence-corrected chi connectivity index (χ2v) is 5.25. The summed E-state index contributed by atoms with van der Waals surface area (Å²) < 4.78 is 6.21. The topological polar surface area (TPSA) is 38.5 Å². The maximum absolute atomic E-state index is 6.21. The highest BCUT2D eigenvalue weighted by Crippen LogP contribution is 2.40. The van der Waals surface area contributed by atoms with E-state index in [0.717, 1.165) is 42.4 Å². The van der Waals surface area contributed by atoms with Crippen LogP contribution in [0, 0.1) is 0 Å². The Morgan fingerprint density at radius 1 is 1.39 bits per heavy atom. The number of benzene rings is 1. The van der Waals surface area contributed by atoms with Crippen LogP contribution in [-0.2, 0) is 0 Å². The molecule has 0 fully saturated rings. The van der Waals surface area contributed by atoms with Gasteiger partial charge in [0.1, 0.15) is 11.4 Å². The van der Waals surface area contributed by atoms with Gasteiger partial charge in [0.25, 0.3) is 0 Å². The molecule has 2 rings (SSSR count). The molecule has 1 aromatic carbocycles. The van der Waals surface area contributed by atoms with Crippen LogP contribution in [0.25, 0.3) is 0 Å². The fourth-order valence-electron chi connectivity index (χ4n) is 2.50. The Balaban J connectivity index is 2.39. The molecular weight excluding hydrogens is 248 g/mol. The minimum absolute atomic E-state index is 0.101. The van der Waals surface area contributed by atoms with Crippen LogP contribution in [0.1, 0.15) is 26.7 Å². The molecule has 18 heavy (non-hydrogen) atoms. The van der Waals surface area contributed by atoms with E-state index in [2.05, 4.69) is 18.7 Å². The maximum atomic E-state index is 6.21. The molecule has 1 heterocycles. The molecule has 0 spiro atoms. The molecule has 0 saturated carbocycles. The van der Waals surface area contributed by atoms with Crippen molar-refractivity contribution in [3.63, 3.8) is 0 Å². The summed E-state index contributed by atoms with van der Waals surface area (Å²) >= 11 is 6.07. The lowest BCUT2D eigenvalue weighted by atomic mass is 9.94. The monoisotopic (exact) mass is 268 g/mol. The number of hydrogen-bond acceptors (Lipinski definition) is 3. The molecule has 0 atom stereocenters. The molecular formula is C14H21ClN2O. The van der Waals surface area contributed by atoms with E-state index in [1.165, 1.54) is 0 Å². The van der Waals surface area contributed by atoms with Crippen molar-refractivity contribution in [1.82, 2.24) is 0 Å². The third-order valence-corrected chi connectivity index (χ3v) is 3.99. The predicted octanol–water partition coefficient (Wildman–Crippen LogP) is 3.06. The van der Waals surface area contributed by atoms with E-state index >= 15 is 0 Å². The van der Waals surface area contributed by atoms with Gasteiger partial charge in [0.2, 0.25) is 0 Å². The summed E-state index contributed by atoms with van der Waals surface area (Å²) in [4.78, 5) is 2.29. The van der Waals surface area contributed by atoms with Crippen molar-refractivity contribution in [2.24, 2.45) is 5.73 Å². The van der Waals surface area contributed by atoms with E-state index in [1.807, 2.05) is 18.2 Å². The quantitative estimate of drug-likeness (QED) is 0.912. The lowest BCUT2D eigenvalue weighted by Gasteiger charge is -2.44. The zero-order valence-corrected chi connectivity index (χ0v) is 11.8. The molecule has 100 valence electrons. The molecule has 1 aliphatic rings. The highest BCUT2D eigenvalue weighted by molar-refractivity contribution is 6.30. The SMILES string of the molecule is CCC1(CC)CN(CCN)c2cc(Cl)ccc2O1. The lowest BCUT2D eigenvalue weighted by molar-refractivity contribution is 0.0577. The summed E-state index contributed by atoms with van der Waals surface area (Å²) in [6, 6.07) is 5.80. The highest BCUT2D eigenvalue weighted by atomic mass is 35.5. The third-order valence-electron chi connectivity index (χ3n) is 3.75. The van der Waals surface area contributed by atoms with Crippen molar-refractivity contribution in [1.29, 1.82) is 0 Å². The van der Waals surface area contributed by atoms with Crippen molar-refractivity contribution < 1.29 is 4.74 Å². The van der Waals surface area contributed by atoms with Crippen LogP contribution in [0.4, 0.5) is 5.69 Å². The smallest absolute Gasteiger partial charge is 0.143 e. The third kappa shape index (κ3) is 2.43. The number of ether oxygens (including phenoxy) is 1. The van der Waals surface area contributed by atoms with Gasteiger partial charge in [-0.05, 0) is 31.0 Å². The van der Waals surface area contributed by atoms with E-state index < -0.39 is 0 Å². The summed E-state index contributed by atoms with van der Waals surface area (Å²) in [7, 11) is 0. The predicted molar refractivity (Wildman–Crippen MR) is 76.7 cm³/mol. The first-order chi connectivity index (χ1) is 8.64. The van der Waals surface area contributed by atoms with E-state index in [9.17, 15) is 0 Å². The number of anilines is 1. The van der Waals surface area contributed by atoms with Gasteiger partial charge >= 0.3 is 0 Å². The van der Waals surface area contributed by atoms with Crippen LogP contribution >= 0.6 is 11.6 Å². The van der Waals surface area contributed by atoms with Gasteiger partial charge < -0.3 is 15.4 Å². The molecule has 0 saturated heterocycles. The average Bonchev–Trinajstić information content (AvgIpc) is 2.39. The fraction of sp³-hybridized carbons (Fsp3) is 0.571. The lowest BCUT2D eigenvalue weighted by Crippen LogP contribution is -2.51. The van der Waals surface area contributed by atoms with E-state index in [0.29, 0.717) is 6.54 Å². The normalized spacial score (nSPS) is 17.2. The first-order valence-electron chi connectivity index (χ1n) is 6.57. The number of nitrogens with two attached hydrogens (primary N) is 1. The molecule has 0 unspecified atom stereocenters. The molecule has 1 aliphatic heterocycles. The number of halogens is 1. The van der Waals surface area contributed by atoms with Crippen LogP contribution in [-0.4, -0.2) is 25.2 Å². The average molecular weight is 269 g/mol. The highest BCUT2D eigenvalue weighted by Gasteiger charge is 2.36. The number of fused-ring (bicyclic) bond motifs is 1. The first-order valence-corrected chi connectivity index (χ1v) is 6.95. The Labute approximate surface area is 114 Å². The van der Waals surface area contributed by atoms with Gasteiger partial charge in [0, 0.05) is 18.1 Å². The van der Waals surface area contributed by atoms with Crippen LogP contribution < -0.4 is 15.4 Å². The Morgan fingerprint density at radius 3 is 2.72 bits per heavy atom. The molecule has 0 aromatic heterocycles. The van der Waals surface area contributed by atoms with E-state index in [4.69, 9.17) is 22.1 Å². The van der Waals surface area contributed by atoms with Gasteiger partial charge in [-0.1, -0.05) is 25.4 Å². The molecule has 0 amide bonds. The molecule has 4 heteroatoms. The minimum Gasteiger partial charge on any atom is -0.483 e. The summed E-state index contributed by atoms with van der Waals surface area (Å²) in [5, 5.41) is 0.736. The van der Waals surface area contributed by atoms with Crippen molar-refractivity contribution in [3.05, 3.63) is 23.2 Å². The van der Waals surface area contributed by atoms with Crippen LogP contribution in [0.5, 0.6) is 5.75 Å². The maximum Gasteiger partial charge on any atom is 0.143 e. The van der Waals surface area contributed by atoms with Crippen molar-refractivity contribution in [2.45, 2.75) is 32.3 Å². The zero-order chi connectivity index (χ0) is 13.2. The molecule has 2 N–H and O–H groups in total. The number of rotatable bonds is 4. The molecule has 1 aromatic rings. The van der Waals surface area contributed by atoms with Gasteiger partial charge in [-0.25, -0.2) is 0 Å². The molecule has 0 radical (unpaired) electrons. The van der Waals surface area contributed by atoms with Crippen LogP contribution in [0.3, 0.4) is 0 Å². The second kappa shape index (κ2) is 5.37. The van der Waals surface area contributed by atoms with Gasteiger partial charge in [0.05, 0.1) is 12.2 Å². The summed E-state index contributed by atoms with van der Waals surface area (Å²) in [5.41, 5.74) is 6.67. The number of nitrogens with zero attached hydrogens (tertiary/aromatic N) is 1. The van der Waals surface area contributed by atoms with E-state index in [1.54, 1.807) is 0 Å². The Morgan fingerprint density at radius 2 is 2.11 bits per heavy atom. The molecule has 3 nitrogen and oxygen atoms in total. The summed E-state index contributed by atoms with van der Waals surface area (Å²) in [6.45, 7) is 6.69. The second-order valence-electron chi connectivity index (χ2n) is 4.81. The number of hydrogen-bond donors (Lipinski definition) is 1. The Kier molecular flexibility index (Phi) is 4.03. The van der Waals surface area contributed by atoms with Gasteiger partial charge in [-0.3, -0.25) is 0 Å². The van der Waals surface area contributed by atoms with Crippen LogP contribution in [0.2, 0.25) is 5.02 Å². The van der Waals surface area contributed by atoms with E-state index in [-0.39, 0.29) is 5.60 Å². The standard InChI is InChI=1S/C14H21ClN2O/c1-3-14(4-2)10-17(8-7-16)12-9-11(15)5-6-13(12)18-14/h5-6,9H,3-4,7-8,10,16H2,1-2H3. The van der Waals surface area contributed by atoms with Gasteiger partial charge in [-0.2, -0.15) is 0 Å². The fourth-order valence-corrected chi connectivity index (χ4v) is 2.66. The minimum atomic E-state index is -0.101. The molecule has 0 bridgehead atoms. The first kappa shape index (κ1) is 13.5. The van der Waals surface area contributed by atoms with Crippen molar-refractivity contribution in [3.8, 4) is 5.75 Å².